The summed E-state index contributed by atoms with van der Waals surface area (Å²) in [6.07, 6.45) is 3.64. The van der Waals surface area contributed by atoms with Crippen molar-refractivity contribution in [2.45, 2.75) is 18.9 Å². The molecule has 0 bridgehead atoms. The summed E-state index contributed by atoms with van der Waals surface area (Å²) in [5.74, 6) is 0.409. The summed E-state index contributed by atoms with van der Waals surface area (Å²) in [4.78, 5) is 3.86. The molecule has 1 aromatic heterocycles. The minimum Gasteiger partial charge on any atom is -0.472 e. The van der Waals surface area contributed by atoms with E-state index >= 15 is 0 Å². The fraction of sp³-hybridized carbons (Fsp3) is 0.545. The molecule has 0 unspecified atom stereocenters. The molecule has 0 radical (unpaired) electrons. The van der Waals surface area contributed by atoms with E-state index < -0.39 is 0 Å². The quantitative estimate of drug-likeness (QED) is 0.819. The summed E-state index contributed by atoms with van der Waals surface area (Å²) in [6, 6.07) is 2.93. The number of halogens is 1. The minimum atomic E-state index is -0.380. The van der Waals surface area contributed by atoms with Crippen LogP contribution in [0.4, 0.5) is 4.39 Å². The first-order chi connectivity index (χ1) is 7.29. The first kappa shape index (κ1) is 10.4. The Bertz CT molecular complexity index is 326. The number of ether oxygens (including phenoxy) is 1. The summed E-state index contributed by atoms with van der Waals surface area (Å²) in [7, 11) is 1.94. The summed E-state index contributed by atoms with van der Waals surface area (Å²) in [5.41, 5.74) is 0. The van der Waals surface area contributed by atoms with Crippen LogP contribution in [-0.2, 0) is 0 Å². The van der Waals surface area contributed by atoms with Crippen LogP contribution in [0.2, 0.25) is 0 Å². The Kier molecular flexibility index (Phi) is 3.16. The maximum Gasteiger partial charge on any atom is 0.250 e. The SMILES string of the molecule is CNCC1CC(Oc2ncccc2F)C1. The highest BCUT2D eigenvalue weighted by Gasteiger charge is 2.30. The molecule has 1 aromatic rings. The molecular weight excluding hydrogens is 195 g/mol. The highest BCUT2D eigenvalue weighted by atomic mass is 19.1. The van der Waals surface area contributed by atoms with Gasteiger partial charge in [0.1, 0.15) is 6.10 Å². The van der Waals surface area contributed by atoms with Gasteiger partial charge in [0.2, 0.25) is 0 Å². The van der Waals surface area contributed by atoms with E-state index in [2.05, 4.69) is 10.3 Å². The number of hydrogen-bond donors (Lipinski definition) is 1. The lowest BCUT2D eigenvalue weighted by atomic mass is 9.82. The maximum atomic E-state index is 13.2. The van der Waals surface area contributed by atoms with Crippen molar-refractivity contribution in [3.05, 3.63) is 24.1 Å². The van der Waals surface area contributed by atoms with E-state index in [1.54, 1.807) is 12.3 Å². The number of rotatable bonds is 4. The molecule has 0 aromatic carbocycles. The third-order valence-electron chi connectivity index (χ3n) is 2.69. The zero-order valence-electron chi connectivity index (χ0n) is 8.74. The molecule has 1 N–H and O–H groups in total. The van der Waals surface area contributed by atoms with Crippen molar-refractivity contribution in [1.82, 2.24) is 10.3 Å². The van der Waals surface area contributed by atoms with E-state index in [1.807, 2.05) is 7.05 Å². The Morgan fingerprint density at radius 2 is 2.40 bits per heavy atom. The van der Waals surface area contributed by atoms with Crippen molar-refractivity contribution in [1.29, 1.82) is 0 Å². The molecule has 15 heavy (non-hydrogen) atoms. The Balaban J connectivity index is 1.82. The molecule has 1 aliphatic rings. The van der Waals surface area contributed by atoms with Gasteiger partial charge in [-0.3, -0.25) is 0 Å². The van der Waals surface area contributed by atoms with Gasteiger partial charge in [-0.25, -0.2) is 9.37 Å². The second kappa shape index (κ2) is 4.57. The van der Waals surface area contributed by atoms with E-state index in [1.165, 1.54) is 6.07 Å². The molecule has 1 saturated carbocycles. The smallest absolute Gasteiger partial charge is 0.250 e. The molecule has 82 valence electrons. The number of pyridine rings is 1. The third kappa shape index (κ3) is 2.45. The van der Waals surface area contributed by atoms with Crippen LogP contribution in [0.1, 0.15) is 12.8 Å². The summed E-state index contributed by atoms with van der Waals surface area (Å²) in [6.45, 7) is 1.00. The van der Waals surface area contributed by atoms with Crippen molar-refractivity contribution in [3.8, 4) is 5.88 Å². The lowest BCUT2D eigenvalue weighted by Crippen LogP contribution is -2.38. The second-order valence-corrected chi connectivity index (χ2v) is 3.93. The van der Waals surface area contributed by atoms with Gasteiger partial charge in [-0.05, 0) is 44.5 Å². The monoisotopic (exact) mass is 210 g/mol. The van der Waals surface area contributed by atoms with E-state index in [-0.39, 0.29) is 17.8 Å². The van der Waals surface area contributed by atoms with Gasteiger partial charge < -0.3 is 10.1 Å². The molecule has 1 heterocycles. The molecule has 3 nitrogen and oxygen atoms in total. The Morgan fingerprint density at radius 3 is 3.07 bits per heavy atom. The van der Waals surface area contributed by atoms with Crippen molar-refractivity contribution < 1.29 is 9.13 Å². The first-order valence-electron chi connectivity index (χ1n) is 5.21. The Morgan fingerprint density at radius 1 is 1.60 bits per heavy atom. The standard InChI is InChI=1S/C11H15FN2O/c1-13-7-8-5-9(6-8)15-11-10(12)3-2-4-14-11/h2-4,8-9,13H,5-7H2,1H3. The van der Waals surface area contributed by atoms with Crippen molar-refractivity contribution >= 4 is 0 Å². The molecule has 0 aliphatic heterocycles. The molecule has 0 spiro atoms. The van der Waals surface area contributed by atoms with Gasteiger partial charge in [-0.2, -0.15) is 0 Å². The number of nitrogens with zero attached hydrogens (tertiary/aromatic N) is 1. The first-order valence-corrected chi connectivity index (χ1v) is 5.21. The van der Waals surface area contributed by atoms with E-state index in [0.29, 0.717) is 5.92 Å². The van der Waals surface area contributed by atoms with Crippen LogP contribution in [0, 0.1) is 11.7 Å². The molecule has 0 atom stereocenters. The zero-order chi connectivity index (χ0) is 10.7. The fourth-order valence-corrected chi connectivity index (χ4v) is 1.84. The van der Waals surface area contributed by atoms with Crippen molar-refractivity contribution in [2.75, 3.05) is 13.6 Å². The van der Waals surface area contributed by atoms with Crippen LogP contribution in [0.15, 0.2) is 18.3 Å². The van der Waals surface area contributed by atoms with Gasteiger partial charge in [-0.1, -0.05) is 0 Å². The number of aromatic nitrogens is 1. The van der Waals surface area contributed by atoms with Crippen LogP contribution in [-0.4, -0.2) is 24.7 Å². The lowest BCUT2D eigenvalue weighted by Gasteiger charge is -2.34. The van der Waals surface area contributed by atoms with E-state index in [9.17, 15) is 4.39 Å². The lowest BCUT2D eigenvalue weighted by molar-refractivity contribution is 0.0578. The Hall–Kier alpha value is -1.16. The van der Waals surface area contributed by atoms with Gasteiger partial charge in [0.05, 0.1) is 0 Å². The van der Waals surface area contributed by atoms with Crippen molar-refractivity contribution in [2.24, 2.45) is 5.92 Å². The molecule has 1 fully saturated rings. The molecule has 0 saturated heterocycles. The second-order valence-electron chi connectivity index (χ2n) is 3.93. The van der Waals surface area contributed by atoms with E-state index in [4.69, 9.17) is 4.74 Å². The molecule has 2 rings (SSSR count). The topological polar surface area (TPSA) is 34.1 Å². The van der Waals surface area contributed by atoms with Gasteiger partial charge in [0.15, 0.2) is 5.82 Å². The molecule has 1 aliphatic carbocycles. The third-order valence-corrected chi connectivity index (χ3v) is 2.69. The maximum absolute atomic E-state index is 13.2. The molecular formula is C11H15FN2O. The predicted octanol–water partition coefficient (Wildman–Crippen LogP) is 1.60. The van der Waals surface area contributed by atoms with Gasteiger partial charge in [-0.15, -0.1) is 0 Å². The molecule has 0 amide bonds. The predicted molar refractivity (Wildman–Crippen MR) is 55.3 cm³/mol. The summed E-state index contributed by atoms with van der Waals surface area (Å²) < 4.78 is 18.6. The largest absolute Gasteiger partial charge is 0.472 e. The van der Waals surface area contributed by atoms with Crippen molar-refractivity contribution in [3.63, 3.8) is 0 Å². The van der Waals surface area contributed by atoms with Gasteiger partial charge in [0.25, 0.3) is 5.88 Å². The molecule has 4 heteroatoms. The normalized spacial score (nSPS) is 24.7. The summed E-state index contributed by atoms with van der Waals surface area (Å²) >= 11 is 0. The highest BCUT2D eigenvalue weighted by molar-refractivity contribution is 5.13. The average molecular weight is 210 g/mol. The zero-order valence-corrected chi connectivity index (χ0v) is 8.74. The van der Waals surface area contributed by atoms with Crippen LogP contribution < -0.4 is 10.1 Å². The number of nitrogens with one attached hydrogen (secondary N) is 1. The van der Waals surface area contributed by atoms with Gasteiger partial charge in [0, 0.05) is 6.20 Å². The fourth-order valence-electron chi connectivity index (χ4n) is 1.84. The van der Waals surface area contributed by atoms with Crippen LogP contribution in [0.5, 0.6) is 5.88 Å². The van der Waals surface area contributed by atoms with E-state index in [0.717, 1.165) is 19.4 Å². The highest BCUT2D eigenvalue weighted by Crippen LogP contribution is 2.30. The van der Waals surface area contributed by atoms with Crippen LogP contribution in [0.25, 0.3) is 0 Å². The van der Waals surface area contributed by atoms with Gasteiger partial charge >= 0.3 is 0 Å². The average Bonchev–Trinajstić information content (AvgIpc) is 2.18. The Labute approximate surface area is 88.7 Å². The number of hydrogen-bond acceptors (Lipinski definition) is 3. The van der Waals surface area contributed by atoms with Crippen LogP contribution >= 0.6 is 0 Å². The minimum absolute atomic E-state index is 0.130. The van der Waals surface area contributed by atoms with Crippen LogP contribution in [0.3, 0.4) is 0 Å². The summed E-state index contributed by atoms with van der Waals surface area (Å²) in [5, 5.41) is 3.12.